The van der Waals surface area contributed by atoms with Crippen LogP contribution >= 0.6 is 0 Å². The number of halogens is 1. The van der Waals surface area contributed by atoms with Crippen LogP contribution in [0.15, 0.2) is 36.2 Å². The van der Waals surface area contributed by atoms with Crippen molar-refractivity contribution in [3.8, 4) is 0 Å². The van der Waals surface area contributed by atoms with E-state index in [2.05, 4.69) is 6.58 Å². The van der Waals surface area contributed by atoms with Crippen molar-refractivity contribution in [2.75, 3.05) is 6.54 Å². The summed E-state index contributed by atoms with van der Waals surface area (Å²) in [6.07, 6.45) is 5.08. The third kappa shape index (κ3) is 5.55. The van der Waals surface area contributed by atoms with Crippen LogP contribution in [0.25, 0.3) is 0 Å². The van der Waals surface area contributed by atoms with E-state index in [1.807, 2.05) is 6.92 Å². The largest absolute Gasteiger partial charge is 0.330 e. The molecule has 0 aliphatic rings. The zero-order chi connectivity index (χ0) is 8.69. The van der Waals surface area contributed by atoms with E-state index in [-0.39, 0.29) is 5.83 Å². The first kappa shape index (κ1) is 10.1. The molecule has 0 bridgehead atoms. The van der Waals surface area contributed by atoms with E-state index in [9.17, 15) is 4.39 Å². The lowest BCUT2D eigenvalue weighted by molar-refractivity contribution is 0.667. The smallest absolute Gasteiger partial charge is 0.122 e. The second-order valence-electron chi connectivity index (χ2n) is 2.31. The fourth-order valence-electron chi connectivity index (χ4n) is 0.601. The molecule has 0 aliphatic heterocycles. The van der Waals surface area contributed by atoms with Gasteiger partial charge in [0.05, 0.1) is 0 Å². The fourth-order valence-corrected chi connectivity index (χ4v) is 0.601. The fraction of sp³-hybridized carbons (Fsp3) is 0.333. The molecule has 0 aromatic rings. The Morgan fingerprint density at radius 1 is 1.55 bits per heavy atom. The third-order valence-electron chi connectivity index (χ3n) is 1.26. The monoisotopic (exact) mass is 155 g/mol. The molecule has 0 spiro atoms. The molecule has 2 heteroatoms. The highest BCUT2D eigenvalue weighted by atomic mass is 19.1. The number of rotatable bonds is 4. The molecule has 11 heavy (non-hydrogen) atoms. The first-order valence-electron chi connectivity index (χ1n) is 3.56. The van der Waals surface area contributed by atoms with Gasteiger partial charge in [-0.25, -0.2) is 4.39 Å². The lowest BCUT2D eigenvalue weighted by atomic mass is 10.2. The molecule has 0 rings (SSSR count). The van der Waals surface area contributed by atoms with Gasteiger partial charge in [0.15, 0.2) is 0 Å². The molecule has 2 N–H and O–H groups in total. The minimum Gasteiger partial charge on any atom is -0.330 e. The summed E-state index contributed by atoms with van der Waals surface area (Å²) in [5.74, 6) is -0.318. The topological polar surface area (TPSA) is 26.0 Å². The normalized spacial score (nSPS) is 13.4. The van der Waals surface area contributed by atoms with Crippen LogP contribution in [0.5, 0.6) is 0 Å². The van der Waals surface area contributed by atoms with E-state index < -0.39 is 0 Å². The summed E-state index contributed by atoms with van der Waals surface area (Å²) in [5, 5.41) is 0. The Labute approximate surface area is 67.1 Å². The average Bonchev–Trinajstić information content (AvgIpc) is 2.01. The van der Waals surface area contributed by atoms with Gasteiger partial charge in [-0.2, -0.15) is 0 Å². The molecule has 62 valence electrons. The van der Waals surface area contributed by atoms with Crippen molar-refractivity contribution in [3.05, 3.63) is 36.2 Å². The third-order valence-corrected chi connectivity index (χ3v) is 1.26. The first-order chi connectivity index (χ1) is 5.20. The van der Waals surface area contributed by atoms with E-state index in [0.29, 0.717) is 6.54 Å². The predicted octanol–water partition coefficient (Wildman–Crippen LogP) is 2.32. The van der Waals surface area contributed by atoms with Crippen LogP contribution in [0, 0.1) is 0 Å². The van der Waals surface area contributed by atoms with Gasteiger partial charge in [0, 0.05) is 0 Å². The molecule has 0 radical (unpaired) electrons. The van der Waals surface area contributed by atoms with Crippen LogP contribution in [0.4, 0.5) is 4.39 Å². The summed E-state index contributed by atoms with van der Waals surface area (Å²) in [4.78, 5) is 0. The van der Waals surface area contributed by atoms with Crippen LogP contribution in [0.1, 0.15) is 13.3 Å². The van der Waals surface area contributed by atoms with Crippen LogP contribution in [-0.2, 0) is 0 Å². The SMILES string of the molecule is C=C/C(F)=C\C=C(/C)CCN. The quantitative estimate of drug-likeness (QED) is 0.619. The zero-order valence-electron chi connectivity index (χ0n) is 6.81. The Balaban J connectivity index is 3.99. The second kappa shape index (κ2) is 5.86. The van der Waals surface area contributed by atoms with Crippen molar-refractivity contribution in [3.63, 3.8) is 0 Å². The predicted molar refractivity (Wildman–Crippen MR) is 46.8 cm³/mol. The molecule has 0 saturated carbocycles. The van der Waals surface area contributed by atoms with E-state index in [1.165, 1.54) is 12.2 Å². The van der Waals surface area contributed by atoms with Gasteiger partial charge in [0.1, 0.15) is 5.83 Å². The summed E-state index contributed by atoms with van der Waals surface area (Å²) in [5.41, 5.74) is 6.37. The summed E-state index contributed by atoms with van der Waals surface area (Å²) < 4.78 is 12.4. The van der Waals surface area contributed by atoms with Gasteiger partial charge in [0.2, 0.25) is 0 Å². The second-order valence-corrected chi connectivity index (χ2v) is 2.31. The molecule has 0 fully saturated rings. The van der Waals surface area contributed by atoms with Crippen LogP contribution in [0.2, 0.25) is 0 Å². The van der Waals surface area contributed by atoms with E-state index in [1.54, 1.807) is 6.08 Å². The van der Waals surface area contributed by atoms with E-state index in [4.69, 9.17) is 5.73 Å². The van der Waals surface area contributed by atoms with Gasteiger partial charge in [-0.3, -0.25) is 0 Å². The Bertz CT molecular complexity index is 180. The maximum Gasteiger partial charge on any atom is 0.122 e. The molecular formula is C9H14FN. The Morgan fingerprint density at radius 3 is 2.64 bits per heavy atom. The summed E-state index contributed by atoms with van der Waals surface area (Å²) >= 11 is 0. The Hall–Kier alpha value is -0.890. The lowest BCUT2D eigenvalue weighted by Gasteiger charge is -1.93. The minimum atomic E-state index is -0.318. The number of hydrogen-bond acceptors (Lipinski definition) is 1. The van der Waals surface area contributed by atoms with Crippen molar-refractivity contribution in [1.82, 2.24) is 0 Å². The van der Waals surface area contributed by atoms with Gasteiger partial charge >= 0.3 is 0 Å². The van der Waals surface area contributed by atoms with Gasteiger partial charge in [-0.05, 0) is 32.0 Å². The first-order valence-corrected chi connectivity index (χ1v) is 3.56. The highest BCUT2D eigenvalue weighted by Gasteiger charge is 1.85. The number of hydrogen-bond donors (Lipinski definition) is 1. The highest BCUT2D eigenvalue weighted by Crippen LogP contribution is 2.02. The standard InChI is InChI=1S/C9H14FN/c1-3-9(10)5-4-8(2)6-7-11/h3-5H,1,6-7,11H2,2H3/b8-4+,9-5+. The Morgan fingerprint density at radius 2 is 2.18 bits per heavy atom. The average molecular weight is 155 g/mol. The zero-order valence-corrected chi connectivity index (χ0v) is 6.81. The number of nitrogens with two attached hydrogens (primary N) is 1. The molecule has 0 heterocycles. The van der Waals surface area contributed by atoms with Gasteiger partial charge in [0.25, 0.3) is 0 Å². The van der Waals surface area contributed by atoms with Crippen molar-refractivity contribution < 1.29 is 4.39 Å². The van der Waals surface area contributed by atoms with Crippen molar-refractivity contribution in [1.29, 1.82) is 0 Å². The molecule has 0 aromatic carbocycles. The minimum absolute atomic E-state index is 0.318. The van der Waals surface area contributed by atoms with Gasteiger partial charge < -0.3 is 5.73 Å². The van der Waals surface area contributed by atoms with Gasteiger partial charge in [-0.1, -0.05) is 18.2 Å². The lowest BCUT2D eigenvalue weighted by Crippen LogP contribution is -1.98. The summed E-state index contributed by atoms with van der Waals surface area (Å²) in [6, 6.07) is 0. The van der Waals surface area contributed by atoms with Crippen molar-refractivity contribution in [2.24, 2.45) is 5.73 Å². The van der Waals surface area contributed by atoms with Crippen LogP contribution < -0.4 is 5.73 Å². The maximum absolute atomic E-state index is 12.4. The van der Waals surface area contributed by atoms with Gasteiger partial charge in [-0.15, -0.1) is 0 Å². The molecule has 0 unspecified atom stereocenters. The molecule has 0 saturated heterocycles. The molecule has 0 atom stereocenters. The van der Waals surface area contributed by atoms with E-state index in [0.717, 1.165) is 12.0 Å². The molecule has 0 amide bonds. The highest BCUT2D eigenvalue weighted by molar-refractivity contribution is 5.18. The maximum atomic E-state index is 12.4. The van der Waals surface area contributed by atoms with Crippen molar-refractivity contribution >= 4 is 0 Å². The molecular weight excluding hydrogens is 141 g/mol. The molecule has 0 aromatic heterocycles. The summed E-state index contributed by atoms with van der Waals surface area (Å²) in [7, 11) is 0. The van der Waals surface area contributed by atoms with Crippen LogP contribution in [-0.4, -0.2) is 6.54 Å². The van der Waals surface area contributed by atoms with Crippen LogP contribution in [0.3, 0.4) is 0 Å². The van der Waals surface area contributed by atoms with Crippen molar-refractivity contribution in [2.45, 2.75) is 13.3 Å². The summed E-state index contributed by atoms with van der Waals surface area (Å²) in [6.45, 7) is 5.81. The number of allylic oxidation sites excluding steroid dienone is 4. The van der Waals surface area contributed by atoms with E-state index >= 15 is 0 Å². The molecule has 1 nitrogen and oxygen atoms in total. The Kier molecular flexibility index (Phi) is 5.39. The molecule has 0 aliphatic carbocycles.